The number of ether oxygens (including phenoxy) is 3. The maximum absolute atomic E-state index is 12.3. The molecule has 0 saturated heterocycles. The molecule has 0 aliphatic heterocycles. The molecule has 6 heteroatoms. The molecular formula is C20H23NO5. The fourth-order valence-corrected chi connectivity index (χ4v) is 2.19. The molecule has 0 saturated carbocycles. The lowest BCUT2D eigenvalue weighted by Gasteiger charge is -2.14. The highest BCUT2D eigenvalue weighted by atomic mass is 16.6. The van der Waals surface area contributed by atoms with E-state index in [0.717, 1.165) is 11.3 Å². The molecule has 0 spiro atoms. The molecule has 26 heavy (non-hydrogen) atoms. The van der Waals surface area contributed by atoms with Crippen LogP contribution in [0.3, 0.4) is 0 Å². The zero-order chi connectivity index (χ0) is 18.9. The molecule has 0 fully saturated rings. The van der Waals surface area contributed by atoms with Crippen molar-refractivity contribution in [1.82, 2.24) is 0 Å². The van der Waals surface area contributed by atoms with E-state index in [1.807, 2.05) is 31.2 Å². The van der Waals surface area contributed by atoms with Gasteiger partial charge in [-0.3, -0.25) is 4.79 Å². The Labute approximate surface area is 153 Å². The maximum Gasteiger partial charge on any atom is 0.347 e. The average Bonchev–Trinajstić information content (AvgIpc) is 2.64. The van der Waals surface area contributed by atoms with Gasteiger partial charge in [0.1, 0.15) is 12.4 Å². The third kappa shape index (κ3) is 5.60. The lowest BCUT2D eigenvalue weighted by molar-refractivity contribution is -0.152. The van der Waals surface area contributed by atoms with Crippen molar-refractivity contribution in [2.24, 2.45) is 0 Å². The van der Waals surface area contributed by atoms with E-state index in [4.69, 9.17) is 14.2 Å². The van der Waals surface area contributed by atoms with E-state index in [1.165, 1.54) is 7.11 Å². The summed E-state index contributed by atoms with van der Waals surface area (Å²) in [6.07, 6.45) is -0.751. The number of methoxy groups -OCH3 is 1. The summed E-state index contributed by atoms with van der Waals surface area (Å²) in [5.41, 5.74) is 2.25. The van der Waals surface area contributed by atoms with Gasteiger partial charge in [0.2, 0.25) is 0 Å². The normalized spacial score (nSPS) is 11.5. The summed E-state index contributed by atoms with van der Waals surface area (Å²) in [5.74, 6) is -0.199. The molecule has 0 bridgehead atoms. The molecule has 0 radical (unpaired) electrons. The molecule has 0 unspecified atom stereocenters. The first kappa shape index (κ1) is 19.5. The number of nitrogens with one attached hydrogen (secondary N) is 1. The quantitative estimate of drug-likeness (QED) is 0.580. The van der Waals surface area contributed by atoms with Crippen LogP contribution in [0.25, 0.3) is 0 Å². The molecular weight excluding hydrogens is 334 g/mol. The second kappa shape index (κ2) is 9.58. The summed E-state index contributed by atoms with van der Waals surface area (Å²) in [6, 6.07) is 14.1. The number of carbonyl (C=O) groups excluding carboxylic acids is 2. The predicted molar refractivity (Wildman–Crippen MR) is 98.5 cm³/mol. The van der Waals surface area contributed by atoms with Crippen LogP contribution < -0.4 is 10.1 Å². The van der Waals surface area contributed by atoms with Gasteiger partial charge in [-0.25, -0.2) is 4.79 Å². The number of anilines is 1. The minimum absolute atomic E-state index is 0.182. The lowest BCUT2D eigenvalue weighted by Crippen LogP contribution is -2.27. The van der Waals surface area contributed by atoms with Crippen LogP contribution in [0.15, 0.2) is 48.5 Å². The largest absolute Gasteiger partial charge is 0.479 e. The highest BCUT2D eigenvalue weighted by Gasteiger charge is 2.16. The Bertz CT molecular complexity index is 742. The number of para-hydroxylation sites is 1. The molecule has 0 heterocycles. The van der Waals surface area contributed by atoms with Gasteiger partial charge in [-0.05, 0) is 49.7 Å². The zero-order valence-electron chi connectivity index (χ0n) is 15.2. The molecule has 2 aromatic carbocycles. The first-order chi connectivity index (χ1) is 12.5. The van der Waals surface area contributed by atoms with E-state index in [0.29, 0.717) is 17.9 Å². The van der Waals surface area contributed by atoms with Gasteiger partial charge < -0.3 is 19.5 Å². The van der Waals surface area contributed by atoms with Gasteiger partial charge in [0.05, 0.1) is 6.61 Å². The fraction of sp³-hybridized carbons (Fsp3) is 0.300. The second-order valence-corrected chi connectivity index (χ2v) is 5.71. The van der Waals surface area contributed by atoms with Crippen LogP contribution in [0.2, 0.25) is 0 Å². The third-order valence-electron chi connectivity index (χ3n) is 3.69. The van der Waals surface area contributed by atoms with Crippen LogP contribution in [-0.2, 0) is 14.3 Å². The summed E-state index contributed by atoms with van der Waals surface area (Å²) in [6.45, 7) is 4.05. The van der Waals surface area contributed by atoms with Crippen molar-refractivity contribution < 1.29 is 23.8 Å². The summed E-state index contributed by atoms with van der Waals surface area (Å²) >= 11 is 0. The Balaban J connectivity index is 1.92. The fourth-order valence-electron chi connectivity index (χ4n) is 2.19. The molecule has 1 amide bonds. The van der Waals surface area contributed by atoms with E-state index in [1.54, 1.807) is 31.2 Å². The summed E-state index contributed by atoms with van der Waals surface area (Å²) in [5, 5.41) is 2.87. The minimum atomic E-state index is -0.751. The molecule has 0 aromatic heterocycles. The van der Waals surface area contributed by atoms with E-state index in [-0.39, 0.29) is 12.5 Å². The van der Waals surface area contributed by atoms with Crippen molar-refractivity contribution in [3.63, 3.8) is 0 Å². The van der Waals surface area contributed by atoms with Gasteiger partial charge in [-0.1, -0.05) is 18.2 Å². The van der Waals surface area contributed by atoms with Crippen LogP contribution in [-0.4, -0.2) is 38.3 Å². The van der Waals surface area contributed by atoms with Crippen molar-refractivity contribution >= 4 is 17.6 Å². The van der Waals surface area contributed by atoms with E-state index >= 15 is 0 Å². The summed E-state index contributed by atoms with van der Waals surface area (Å²) in [4.78, 5) is 24.1. The van der Waals surface area contributed by atoms with E-state index < -0.39 is 12.1 Å². The van der Waals surface area contributed by atoms with E-state index in [9.17, 15) is 9.59 Å². The monoisotopic (exact) mass is 357 g/mol. The Kier molecular flexibility index (Phi) is 7.17. The van der Waals surface area contributed by atoms with Crippen molar-refractivity contribution in [3.8, 4) is 5.75 Å². The molecule has 6 nitrogen and oxygen atoms in total. The number of aryl methyl sites for hydroxylation is 1. The number of hydrogen-bond acceptors (Lipinski definition) is 5. The van der Waals surface area contributed by atoms with Crippen LogP contribution in [0.5, 0.6) is 5.75 Å². The van der Waals surface area contributed by atoms with E-state index in [2.05, 4.69) is 5.32 Å². The Hall–Kier alpha value is -2.86. The van der Waals surface area contributed by atoms with Gasteiger partial charge in [-0.2, -0.15) is 0 Å². The Morgan fingerprint density at radius 1 is 1.04 bits per heavy atom. The number of carbonyl (C=O) groups is 2. The van der Waals surface area contributed by atoms with Gasteiger partial charge in [0.15, 0.2) is 6.10 Å². The topological polar surface area (TPSA) is 73.9 Å². The lowest BCUT2D eigenvalue weighted by atomic mass is 10.1. The smallest absolute Gasteiger partial charge is 0.347 e. The molecule has 0 aliphatic carbocycles. The zero-order valence-corrected chi connectivity index (χ0v) is 15.2. The molecule has 2 aromatic rings. The maximum atomic E-state index is 12.3. The van der Waals surface area contributed by atoms with Crippen molar-refractivity contribution in [2.45, 2.75) is 20.0 Å². The third-order valence-corrected chi connectivity index (χ3v) is 3.69. The highest BCUT2D eigenvalue weighted by Crippen LogP contribution is 2.17. The number of benzene rings is 2. The van der Waals surface area contributed by atoms with Gasteiger partial charge in [0, 0.05) is 18.4 Å². The Morgan fingerprint density at radius 3 is 2.38 bits per heavy atom. The SMILES string of the molecule is COCCOC(=O)[C@@H](C)Oc1ccc(C(=O)Nc2ccccc2C)cc1. The predicted octanol–water partition coefficient (Wildman–Crippen LogP) is 3.20. The standard InChI is InChI=1S/C20H23NO5/c1-14-6-4-5-7-18(14)21-19(22)16-8-10-17(11-9-16)26-15(2)20(23)25-13-12-24-3/h4-11,15H,12-13H2,1-3H3,(H,21,22)/t15-/m1/s1. The average molecular weight is 357 g/mol. The minimum Gasteiger partial charge on any atom is -0.479 e. The van der Waals surface area contributed by atoms with Crippen molar-refractivity contribution in [2.75, 3.05) is 25.6 Å². The van der Waals surface area contributed by atoms with Crippen LogP contribution in [0, 0.1) is 6.92 Å². The molecule has 1 N–H and O–H groups in total. The number of amides is 1. The molecule has 0 aliphatic rings. The number of esters is 1. The summed E-state index contributed by atoms with van der Waals surface area (Å²) < 4.78 is 15.4. The first-order valence-corrected chi connectivity index (χ1v) is 8.30. The first-order valence-electron chi connectivity index (χ1n) is 8.30. The second-order valence-electron chi connectivity index (χ2n) is 5.71. The Morgan fingerprint density at radius 2 is 1.73 bits per heavy atom. The molecule has 2 rings (SSSR count). The van der Waals surface area contributed by atoms with Gasteiger partial charge in [-0.15, -0.1) is 0 Å². The molecule has 138 valence electrons. The van der Waals surface area contributed by atoms with Gasteiger partial charge in [0.25, 0.3) is 5.91 Å². The van der Waals surface area contributed by atoms with Crippen LogP contribution >= 0.6 is 0 Å². The number of rotatable bonds is 8. The van der Waals surface area contributed by atoms with Crippen LogP contribution in [0.1, 0.15) is 22.8 Å². The van der Waals surface area contributed by atoms with Crippen LogP contribution in [0.4, 0.5) is 5.69 Å². The highest BCUT2D eigenvalue weighted by molar-refractivity contribution is 6.04. The van der Waals surface area contributed by atoms with Crippen molar-refractivity contribution in [3.05, 3.63) is 59.7 Å². The summed E-state index contributed by atoms with van der Waals surface area (Å²) in [7, 11) is 1.53. The van der Waals surface area contributed by atoms with Gasteiger partial charge >= 0.3 is 5.97 Å². The number of hydrogen-bond donors (Lipinski definition) is 1. The molecule has 1 atom stereocenters. The van der Waals surface area contributed by atoms with Crippen molar-refractivity contribution in [1.29, 1.82) is 0 Å².